The van der Waals surface area contributed by atoms with E-state index in [0.29, 0.717) is 36.9 Å². The van der Waals surface area contributed by atoms with Crippen molar-refractivity contribution in [1.29, 1.82) is 0 Å². The van der Waals surface area contributed by atoms with Gasteiger partial charge in [0.25, 0.3) is 10.0 Å². The molecule has 1 fully saturated rings. The summed E-state index contributed by atoms with van der Waals surface area (Å²) in [6.45, 7) is 6.24. The van der Waals surface area contributed by atoms with Crippen molar-refractivity contribution >= 4 is 27.1 Å². The molecule has 0 bridgehead atoms. The van der Waals surface area contributed by atoms with Crippen LogP contribution in [0.2, 0.25) is 0 Å². The minimum atomic E-state index is -3.39. The summed E-state index contributed by atoms with van der Waals surface area (Å²) in [7, 11) is -1.44. The number of aromatic nitrogens is 1. The van der Waals surface area contributed by atoms with Gasteiger partial charge in [0, 0.05) is 50.2 Å². The number of Topliss-reactive ketones (excluding diaryl/α,β-unsaturated/α-hetero) is 1. The van der Waals surface area contributed by atoms with Gasteiger partial charge in [0.05, 0.1) is 6.54 Å². The number of thiophene rings is 1. The fraction of sp³-hybridized carbons (Fsp3) is 0.471. The molecule has 1 saturated heterocycles. The van der Waals surface area contributed by atoms with E-state index in [-0.39, 0.29) is 5.78 Å². The first-order valence-corrected chi connectivity index (χ1v) is 10.5. The van der Waals surface area contributed by atoms with Crippen molar-refractivity contribution in [3.63, 3.8) is 0 Å². The van der Waals surface area contributed by atoms with E-state index in [1.165, 1.54) is 15.6 Å². The van der Waals surface area contributed by atoms with Gasteiger partial charge in [-0.3, -0.25) is 9.69 Å². The number of piperazine rings is 1. The normalized spacial score (nSPS) is 17.1. The summed E-state index contributed by atoms with van der Waals surface area (Å²) in [4.78, 5) is 14.6. The van der Waals surface area contributed by atoms with Crippen molar-refractivity contribution in [2.45, 2.75) is 18.1 Å². The van der Waals surface area contributed by atoms with Crippen molar-refractivity contribution in [3.8, 4) is 0 Å². The van der Waals surface area contributed by atoms with E-state index >= 15 is 0 Å². The molecule has 6 nitrogen and oxygen atoms in total. The number of rotatable bonds is 5. The standard InChI is InChI=1S/C17H23N3O3S2/c1-13-11-15(14(2)18(13)3)16(21)12-19-6-8-20(9-7-19)25(22,23)17-5-4-10-24-17/h4-5,10-11H,6-9,12H2,1-3H3. The first kappa shape index (κ1) is 18.3. The summed E-state index contributed by atoms with van der Waals surface area (Å²) >= 11 is 1.24. The Morgan fingerprint density at radius 3 is 2.40 bits per heavy atom. The van der Waals surface area contributed by atoms with E-state index < -0.39 is 10.0 Å². The lowest BCUT2D eigenvalue weighted by atomic mass is 10.1. The van der Waals surface area contributed by atoms with Crippen molar-refractivity contribution in [3.05, 3.63) is 40.5 Å². The third-order valence-corrected chi connectivity index (χ3v) is 8.13. The Balaban J connectivity index is 1.61. The third kappa shape index (κ3) is 3.57. The second kappa shape index (κ2) is 7.03. The highest BCUT2D eigenvalue weighted by atomic mass is 32.2. The average Bonchev–Trinajstić information content (AvgIpc) is 3.21. The smallest absolute Gasteiger partial charge is 0.252 e. The Kier molecular flexibility index (Phi) is 5.15. The van der Waals surface area contributed by atoms with Crippen LogP contribution in [0.3, 0.4) is 0 Å². The van der Waals surface area contributed by atoms with E-state index in [0.717, 1.165) is 17.0 Å². The Hall–Kier alpha value is -1.48. The average molecular weight is 382 g/mol. The van der Waals surface area contributed by atoms with Gasteiger partial charge in [-0.2, -0.15) is 4.31 Å². The van der Waals surface area contributed by atoms with Crippen molar-refractivity contribution in [2.75, 3.05) is 32.7 Å². The molecule has 0 aromatic carbocycles. The molecule has 0 atom stereocenters. The SMILES string of the molecule is Cc1cc(C(=O)CN2CCN(S(=O)(=O)c3cccs3)CC2)c(C)n1C. The van der Waals surface area contributed by atoms with Crippen LogP contribution in [0, 0.1) is 13.8 Å². The van der Waals surface area contributed by atoms with Crippen LogP contribution in [0.4, 0.5) is 0 Å². The van der Waals surface area contributed by atoms with Crippen LogP contribution in [0.1, 0.15) is 21.7 Å². The monoisotopic (exact) mass is 381 g/mol. The summed E-state index contributed by atoms with van der Waals surface area (Å²) in [6, 6.07) is 5.31. The number of nitrogens with zero attached hydrogens (tertiary/aromatic N) is 3. The summed E-state index contributed by atoms with van der Waals surface area (Å²) in [6.07, 6.45) is 0. The first-order valence-electron chi connectivity index (χ1n) is 8.23. The van der Waals surface area contributed by atoms with Crippen molar-refractivity contribution in [2.24, 2.45) is 7.05 Å². The number of carbonyl (C=O) groups excluding carboxylic acids is 1. The zero-order valence-corrected chi connectivity index (χ0v) is 16.4. The minimum Gasteiger partial charge on any atom is -0.351 e. The Morgan fingerprint density at radius 1 is 1.20 bits per heavy atom. The van der Waals surface area contributed by atoms with Gasteiger partial charge < -0.3 is 4.57 Å². The molecule has 2 aromatic rings. The van der Waals surface area contributed by atoms with Gasteiger partial charge in [0.15, 0.2) is 5.78 Å². The van der Waals surface area contributed by atoms with Crippen LogP contribution in [-0.2, 0) is 17.1 Å². The lowest BCUT2D eigenvalue weighted by Gasteiger charge is -2.33. The van der Waals surface area contributed by atoms with Crippen LogP contribution in [0.15, 0.2) is 27.8 Å². The van der Waals surface area contributed by atoms with Gasteiger partial charge in [-0.05, 0) is 31.4 Å². The number of aryl methyl sites for hydroxylation is 1. The molecule has 0 radical (unpaired) electrons. The van der Waals surface area contributed by atoms with E-state index in [2.05, 4.69) is 0 Å². The van der Waals surface area contributed by atoms with E-state index in [9.17, 15) is 13.2 Å². The zero-order valence-electron chi connectivity index (χ0n) is 14.7. The van der Waals surface area contributed by atoms with Gasteiger partial charge in [-0.15, -0.1) is 11.3 Å². The predicted molar refractivity (Wildman–Crippen MR) is 98.7 cm³/mol. The molecule has 2 aromatic heterocycles. The summed E-state index contributed by atoms with van der Waals surface area (Å²) in [5, 5.41) is 1.77. The highest BCUT2D eigenvalue weighted by molar-refractivity contribution is 7.91. The minimum absolute atomic E-state index is 0.0933. The Morgan fingerprint density at radius 2 is 1.88 bits per heavy atom. The van der Waals surface area contributed by atoms with Crippen LogP contribution in [0.25, 0.3) is 0 Å². The maximum absolute atomic E-state index is 12.6. The molecule has 0 N–H and O–H groups in total. The third-order valence-electron chi connectivity index (χ3n) is 4.86. The second-order valence-electron chi connectivity index (χ2n) is 6.38. The van der Waals surface area contributed by atoms with E-state index in [1.54, 1.807) is 17.5 Å². The topological polar surface area (TPSA) is 62.6 Å². The van der Waals surface area contributed by atoms with Gasteiger partial charge in [-0.1, -0.05) is 6.07 Å². The number of sulfonamides is 1. The molecule has 3 heterocycles. The molecule has 0 saturated carbocycles. The molecule has 0 aliphatic carbocycles. The number of hydrogen-bond donors (Lipinski definition) is 0. The Labute approximate surface area is 152 Å². The van der Waals surface area contributed by atoms with Crippen molar-refractivity contribution in [1.82, 2.24) is 13.8 Å². The van der Waals surface area contributed by atoms with Crippen molar-refractivity contribution < 1.29 is 13.2 Å². The molecule has 8 heteroatoms. The van der Waals surface area contributed by atoms with E-state index in [4.69, 9.17) is 0 Å². The largest absolute Gasteiger partial charge is 0.351 e. The predicted octanol–water partition coefficient (Wildman–Crippen LogP) is 1.89. The maximum atomic E-state index is 12.6. The van der Waals surface area contributed by atoms with Gasteiger partial charge in [0.2, 0.25) is 0 Å². The summed E-state index contributed by atoms with van der Waals surface area (Å²) in [5.74, 6) is 0.0933. The second-order valence-corrected chi connectivity index (χ2v) is 9.49. The molecular weight excluding hydrogens is 358 g/mol. The van der Waals surface area contributed by atoms with Crippen LogP contribution in [0.5, 0.6) is 0 Å². The lowest BCUT2D eigenvalue weighted by molar-refractivity contribution is 0.0901. The first-order chi connectivity index (χ1) is 11.8. The lowest BCUT2D eigenvalue weighted by Crippen LogP contribution is -2.49. The Bertz CT molecular complexity index is 861. The van der Waals surface area contributed by atoms with Gasteiger partial charge >= 0.3 is 0 Å². The molecule has 1 aliphatic rings. The molecule has 0 spiro atoms. The maximum Gasteiger partial charge on any atom is 0.252 e. The number of carbonyl (C=O) groups is 1. The van der Waals surface area contributed by atoms with Gasteiger partial charge in [-0.25, -0.2) is 8.42 Å². The molecular formula is C17H23N3O3S2. The number of hydrogen-bond acceptors (Lipinski definition) is 5. The number of ketones is 1. The fourth-order valence-corrected chi connectivity index (χ4v) is 5.66. The van der Waals surface area contributed by atoms with Crippen LogP contribution in [-0.4, -0.2) is 60.7 Å². The van der Waals surface area contributed by atoms with E-state index in [1.807, 2.05) is 36.4 Å². The van der Waals surface area contributed by atoms with Gasteiger partial charge in [0.1, 0.15) is 4.21 Å². The molecule has 0 amide bonds. The fourth-order valence-electron chi connectivity index (χ4n) is 3.09. The molecule has 3 rings (SSSR count). The molecule has 1 aliphatic heterocycles. The zero-order chi connectivity index (χ0) is 18.2. The van der Waals surface area contributed by atoms with Crippen LogP contribution < -0.4 is 0 Å². The van der Waals surface area contributed by atoms with Crippen LogP contribution >= 0.6 is 11.3 Å². The highest BCUT2D eigenvalue weighted by Crippen LogP contribution is 2.22. The molecule has 0 unspecified atom stereocenters. The summed E-state index contributed by atoms with van der Waals surface area (Å²) in [5.41, 5.74) is 2.79. The molecule has 25 heavy (non-hydrogen) atoms. The highest BCUT2D eigenvalue weighted by Gasteiger charge is 2.30. The quantitative estimate of drug-likeness (QED) is 0.742. The molecule has 136 valence electrons. The summed E-state index contributed by atoms with van der Waals surface area (Å²) < 4.78 is 29.0.